The van der Waals surface area contributed by atoms with Crippen molar-refractivity contribution in [3.63, 3.8) is 0 Å². The van der Waals surface area contributed by atoms with Gasteiger partial charge in [-0.25, -0.2) is 26.6 Å². The van der Waals surface area contributed by atoms with Gasteiger partial charge in [-0.3, -0.25) is 4.72 Å². The average Bonchev–Trinajstić information content (AvgIpc) is 3.14. The van der Waals surface area contributed by atoms with Crippen molar-refractivity contribution in [2.75, 3.05) is 17.1 Å². The fourth-order valence-electron chi connectivity index (χ4n) is 2.86. The Bertz CT molecular complexity index is 1120. The zero-order chi connectivity index (χ0) is 21.9. The molecular weight excluding hydrogens is 439 g/mol. The first-order valence-electron chi connectivity index (χ1n) is 8.65. The number of anilines is 2. The second kappa shape index (κ2) is 9.02. The van der Waals surface area contributed by atoms with Gasteiger partial charge in [0.1, 0.15) is 17.5 Å². The van der Waals surface area contributed by atoms with E-state index in [0.717, 1.165) is 29.0 Å². The summed E-state index contributed by atoms with van der Waals surface area (Å²) in [6, 6.07) is 5.46. The predicted octanol–water partition coefficient (Wildman–Crippen LogP) is 4.68. The van der Waals surface area contributed by atoms with Gasteiger partial charge in [-0.05, 0) is 36.8 Å². The lowest BCUT2D eigenvalue weighted by atomic mass is 10.0. The molecule has 1 atom stereocenters. The highest BCUT2D eigenvalue weighted by Gasteiger charge is 2.26. The van der Waals surface area contributed by atoms with Crippen LogP contribution >= 0.6 is 11.3 Å². The molecular formula is C19H18F3N3O3S2. The highest BCUT2D eigenvalue weighted by molar-refractivity contribution is 7.92. The molecule has 0 spiro atoms. The van der Waals surface area contributed by atoms with Gasteiger partial charge in [0.05, 0.1) is 18.2 Å². The number of hydrogen-bond donors (Lipinski definition) is 2. The van der Waals surface area contributed by atoms with E-state index in [2.05, 4.69) is 10.3 Å². The van der Waals surface area contributed by atoms with Gasteiger partial charge < -0.3 is 10.1 Å². The monoisotopic (exact) mass is 457 g/mol. The quantitative estimate of drug-likeness (QED) is 0.513. The summed E-state index contributed by atoms with van der Waals surface area (Å²) < 4.78 is 75.0. The van der Waals surface area contributed by atoms with E-state index in [9.17, 15) is 21.6 Å². The summed E-state index contributed by atoms with van der Waals surface area (Å²) in [5.41, 5.74) is 2.34. The summed E-state index contributed by atoms with van der Waals surface area (Å²) in [5.74, 6) is -3.12. The predicted molar refractivity (Wildman–Crippen MR) is 108 cm³/mol. The summed E-state index contributed by atoms with van der Waals surface area (Å²) in [6.07, 6.45) is 0. The number of rotatable bonds is 8. The maximum absolute atomic E-state index is 14.5. The number of benzene rings is 2. The highest BCUT2D eigenvalue weighted by Crippen LogP contribution is 2.28. The molecule has 30 heavy (non-hydrogen) atoms. The van der Waals surface area contributed by atoms with E-state index in [1.165, 1.54) is 24.1 Å². The van der Waals surface area contributed by atoms with Crippen LogP contribution in [-0.4, -0.2) is 20.5 Å². The molecule has 3 rings (SSSR count). The fraction of sp³-hybridized carbons (Fsp3) is 0.211. The summed E-state index contributed by atoms with van der Waals surface area (Å²) in [7, 11) is -3.01. The molecule has 11 heteroatoms. The van der Waals surface area contributed by atoms with Crippen LogP contribution in [0, 0.1) is 17.5 Å². The molecule has 0 aliphatic carbocycles. The number of nitrogens with one attached hydrogen (secondary N) is 2. The Morgan fingerprint density at radius 3 is 2.43 bits per heavy atom. The van der Waals surface area contributed by atoms with Crippen LogP contribution in [0.3, 0.4) is 0 Å². The summed E-state index contributed by atoms with van der Waals surface area (Å²) >= 11 is 1.12. The first kappa shape index (κ1) is 22.1. The third kappa shape index (κ3) is 4.91. The summed E-state index contributed by atoms with van der Waals surface area (Å²) in [4.78, 5) is 2.61. The Balaban J connectivity index is 1.86. The molecule has 0 saturated heterocycles. The van der Waals surface area contributed by atoms with Crippen LogP contribution in [0.5, 0.6) is 0 Å². The van der Waals surface area contributed by atoms with Crippen LogP contribution in [0.4, 0.5) is 24.7 Å². The van der Waals surface area contributed by atoms with Gasteiger partial charge in [0.2, 0.25) is 0 Å². The van der Waals surface area contributed by atoms with E-state index in [1.807, 2.05) is 4.72 Å². The molecule has 6 nitrogen and oxygen atoms in total. The Morgan fingerprint density at radius 1 is 1.13 bits per heavy atom. The Morgan fingerprint density at radius 2 is 1.83 bits per heavy atom. The Hall–Kier alpha value is -2.63. The van der Waals surface area contributed by atoms with E-state index in [4.69, 9.17) is 4.74 Å². The van der Waals surface area contributed by atoms with Crippen molar-refractivity contribution >= 4 is 32.9 Å². The molecule has 0 aliphatic rings. The van der Waals surface area contributed by atoms with E-state index in [-0.39, 0.29) is 23.7 Å². The average molecular weight is 457 g/mol. The minimum absolute atomic E-state index is 0.0401. The largest absolute Gasteiger partial charge is 0.380 e. The van der Waals surface area contributed by atoms with E-state index in [1.54, 1.807) is 19.1 Å². The van der Waals surface area contributed by atoms with Crippen LogP contribution < -0.4 is 10.0 Å². The van der Waals surface area contributed by atoms with Gasteiger partial charge in [0.25, 0.3) is 10.0 Å². The lowest BCUT2D eigenvalue weighted by Gasteiger charge is -2.18. The minimum Gasteiger partial charge on any atom is -0.380 e. The SMILES string of the molecule is COCc1ccc(F)c(C(C)Nc2cc(F)c(S(=O)(=O)Nc3cscn3)c(F)c2)c1. The molecule has 2 N–H and O–H groups in total. The Labute approximate surface area is 175 Å². The number of methoxy groups -OCH3 is 1. The van der Waals surface area contributed by atoms with Crippen molar-refractivity contribution in [3.8, 4) is 0 Å². The van der Waals surface area contributed by atoms with Gasteiger partial charge in [-0.1, -0.05) is 6.07 Å². The molecule has 1 unspecified atom stereocenters. The van der Waals surface area contributed by atoms with E-state index < -0.39 is 38.4 Å². The second-order valence-electron chi connectivity index (χ2n) is 6.40. The summed E-state index contributed by atoms with van der Waals surface area (Å²) in [5, 5.41) is 4.17. The molecule has 0 aliphatic heterocycles. The molecule has 0 saturated carbocycles. The number of aromatic nitrogens is 1. The molecule has 3 aromatic rings. The molecule has 2 aromatic carbocycles. The maximum atomic E-state index is 14.5. The van der Waals surface area contributed by atoms with Crippen molar-refractivity contribution in [1.82, 2.24) is 4.98 Å². The lowest BCUT2D eigenvalue weighted by Crippen LogP contribution is -2.17. The van der Waals surface area contributed by atoms with Crippen molar-refractivity contribution < 1.29 is 26.3 Å². The third-order valence-corrected chi connectivity index (χ3v) is 6.15. The van der Waals surface area contributed by atoms with Gasteiger partial charge in [0, 0.05) is 23.7 Å². The van der Waals surface area contributed by atoms with Crippen molar-refractivity contribution in [2.45, 2.75) is 24.5 Å². The first-order chi connectivity index (χ1) is 14.2. The summed E-state index contributed by atoms with van der Waals surface area (Å²) in [6.45, 7) is 1.89. The number of halogens is 3. The maximum Gasteiger partial charge on any atom is 0.268 e. The molecule has 0 radical (unpaired) electrons. The first-order valence-corrected chi connectivity index (χ1v) is 11.1. The molecule has 0 bridgehead atoms. The van der Waals surface area contributed by atoms with Crippen LogP contribution in [0.1, 0.15) is 24.1 Å². The van der Waals surface area contributed by atoms with E-state index in [0.29, 0.717) is 0 Å². The zero-order valence-corrected chi connectivity index (χ0v) is 17.6. The third-order valence-electron chi connectivity index (χ3n) is 4.16. The van der Waals surface area contributed by atoms with Gasteiger partial charge in [0.15, 0.2) is 10.7 Å². The van der Waals surface area contributed by atoms with Crippen LogP contribution in [-0.2, 0) is 21.4 Å². The molecule has 1 heterocycles. The van der Waals surface area contributed by atoms with Gasteiger partial charge in [-0.2, -0.15) is 0 Å². The number of thiazole rings is 1. The number of hydrogen-bond acceptors (Lipinski definition) is 6. The molecule has 1 aromatic heterocycles. The van der Waals surface area contributed by atoms with Crippen LogP contribution in [0.2, 0.25) is 0 Å². The topological polar surface area (TPSA) is 80.3 Å². The second-order valence-corrected chi connectivity index (χ2v) is 8.74. The minimum atomic E-state index is -4.52. The van der Waals surface area contributed by atoms with Gasteiger partial charge in [-0.15, -0.1) is 11.3 Å². The highest BCUT2D eigenvalue weighted by atomic mass is 32.2. The standard InChI is InChI=1S/C19H18F3N3O3S2/c1-11(14-5-12(8-28-2)3-4-15(14)20)24-13-6-16(21)19(17(22)7-13)30(26,27)25-18-9-29-10-23-18/h3-7,9-11,24-25H,8H2,1-2H3. The van der Waals surface area contributed by atoms with Crippen LogP contribution in [0.15, 0.2) is 46.1 Å². The fourth-order valence-corrected chi connectivity index (χ4v) is 4.54. The van der Waals surface area contributed by atoms with E-state index >= 15 is 0 Å². The van der Waals surface area contributed by atoms with Crippen molar-refractivity contribution in [1.29, 1.82) is 0 Å². The van der Waals surface area contributed by atoms with Crippen molar-refractivity contribution in [3.05, 3.63) is 69.8 Å². The number of sulfonamides is 1. The molecule has 0 amide bonds. The zero-order valence-electron chi connectivity index (χ0n) is 15.9. The number of ether oxygens (including phenoxy) is 1. The smallest absolute Gasteiger partial charge is 0.268 e. The Kier molecular flexibility index (Phi) is 6.64. The lowest BCUT2D eigenvalue weighted by molar-refractivity contribution is 0.184. The normalized spacial score (nSPS) is 12.6. The molecule has 160 valence electrons. The number of nitrogens with zero attached hydrogens (tertiary/aromatic N) is 1. The van der Waals surface area contributed by atoms with Gasteiger partial charge >= 0.3 is 0 Å². The van der Waals surface area contributed by atoms with Crippen LogP contribution in [0.25, 0.3) is 0 Å². The van der Waals surface area contributed by atoms with Crippen molar-refractivity contribution in [2.24, 2.45) is 0 Å². The molecule has 0 fully saturated rings.